The second kappa shape index (κ2) is 10.3. The molecule has 3 amide bonds. The smallest absolute Gasteiger partial charge is 0.318 e. The number of nitrogens with zero attached hydrogens (tertiary/aromatic N) is 2. The van der Waals surface area contributed by atoms with Crippen molar-refractivity contribution < 1.29 is 14.3 Å². The number of likely N-dealkylation sites (tertiary alicyclic amines) is 1. The number of methoxy groups -OCH3 is 1. The first kappa shape index (κ1) is 24.9. The first-order valence-corrected chi connectivity index (χ1v) is 13.0. The van der Waals surface area contributed by atoms with Crippen molar-refractivity contribution in [3.05, 3.63) is 64.2 Å². The van der Waals surface area contributed by atoms with Crippen molar-refractivity contribution in [2.45, 2.75) is 45.2 Å². The van der Waals surface area contributed by atoms with E-state index in [0.717, 1.165) is 34.3 Å². The fourth-order valence-electron chi connectivity index (χ4n) is 5.74. The van der Waals surface area contributed by atoms with Gasteiger partial charge >= 0.3 is 6.03 Å². The molecule has 2 aliphatic rings. The molecule has 0 aliphatic carbocycles. The highest BCUT2D eigenvalue weighted by atomic mass is 16.5. The zero-order valence-electron chi connectivity index (χ0n) is 21.6. The van der Waals surface area contributed by atoms with Gasteiger partial charge in [0.25, 0.3) is 5.56 Å². The maximum Gasteiger partial charge on any atom is 0.318 e. The Labute approximate surface area is 216 Å². The number of carbonyl (C=O) groups excluding carboxylic acids is 2. The Morgan fingerprint density at radius 1 is 1.16 bits per heavy atom. The van der Waals surface area contributed by atoms with Gasteiger partial charge in [0.15, 0.2) is 0 Å². The summed E-state index contributed by atoms with van der Waals surface area (Å²) in [4.78, 5) is 43.7. The number of nitrogens with one attached hydrogen (secondary N) is 3. The molecule has 0 unspecified atom stereocenters. The molecule has 0 spiro atoms. The Hall–Kier alpha value is -3.75. The van der Waals surface area contributed by atoms with Crippen LogP contribution in [0.3, 0.4) is 0 Å². The molecule has 2 aliphatic heterocycles. The molecule has 2 bridgehead atoms. The van der Waals surface area contributed by atoms with Gasteiger partial charge in [0.2, 0.25) is 5.91 Å². The van der Waals surface area contributed by atoms with Crippen LogP contribution in [-0.2, 0) is 17.8 Å². The number of hydrogen-bond donors (Lipinski definition) is 3. The Balaban J connectivity index is 1.19. The zero-order valence-corrected chi connectivity index (χ0v) is 21.6. The Kier molecular flexibility index (Phi) is 6.95. The molecule has 196 valence electrons. The molecule has 1 saturated heterocycles. The summed E-state index contributed by atoms with van der Waals surface area (Å²) < 4.78 is 7.19. The van der Waals surface area contributed by atoms with Gasteiger partial charge in [-0.1, -0.05) is 19.9 Å². The van der Waals surface area contributed by atoms with Crippen molar-refractivity contribution in [3.8, 4) is 5.75 Å². The van der Waals surface area contributed by atoms with Crippen LogP contribution in [0.25, 0.3) is 10.9 Å². The molecule has 0 saturated carbocycles. The number of rotatable bonds is 7. The summed E-state index contributed by atoms with van der Waals surface area (Å²) in [6, 6.07) is 10.4. The van der Waals surface area contributed by atoms with E-state index in [1.165, 1.54) is 0 Å². The second-order valence-corrected chi connectivity index (χ2v) is 10.5. The zero-order chi connectivity index (χ0) is 26.1. The number of hydrogen-bond acceptors (Lipinski definition) is 4. The van der Waals surface area contributed by atoms with E-state index in [1.807, 2.05) is 53.8 Å². The third-order valence-corrected chi connectivity index (χ3v) is 7.66. The molecule has 37 heavy (non-hydrogen) atoms. The highest BCUT2D eigenvalue weighted by Crippen LogP contribution is 2.35. The van der Waals surface area contributed by atoms with Gasteiger partial charge in [-0.2, -0.15) is 0 Å². The molecular weight excluding hydrogens is 470 g/mol. The number of urea groups is 1. The standard InChI is InChI=1S/C28H35N5O4/c1-17(2)26(27(35)29-10-9-19-13-30-23-8-7-21(37-3)12-22(19)23)31-28(36)32-14-18-11-20(16-32)24-5-4-6-25(34)33(24)15-18/h4-8,12-13,17-18,20,26,30H,9-11,14-16H2,1-3H3,(H,29,35)(H,31,36)/t18-,20+,26+/m1/s1. The molecule has 5 rings (SSSR count). The van der Waals surface area contributed by atoms with Crippen LogP contribution in [-0.4, -0.2) is 59.2 Å². The van der Waals surface area contributed by atoms with Gasteiger partial charge in [0, 0.05) is 61.0 Å². The lowest BCUT2D eigenvalue weighted by molar-refractivity contribution is -0.123. The molecule has 3 atom stereocenters. The molecule has 3 aromatic rings. The summed E-state index contributed by atoms with van der Waals surface area (Å²) in [7, 11) is 1.64. The van der Waals surface area contributed by atoms with Crippen molar-refractivity contribution in [2.24, 2.45) is 11.8 Å². The summed E-state index contributed by atoms with van der Waals surface area (Å²) in [5.41, 5.74) is 3.13. The maximum absolute atomic E-state index is 13.2. The molecule has 4 heterocycles. The number of piperidine rings is 1. The highest BCUT2D eigenvalue weighted by molar-refractivity contribution is 5.88. The minimum atomic E-state index is -0.632. The predicted molar refractivity (Wildman–Crippen MR) is 142 cm³/mol. The Bertz CT molecular complexity index is 1360. The van der Waals surface area contributed by atoms with E-state index in [2.05, 4.69) is 15.6 Å². The summed E-state index contributed by atoms with van der Waals surface area (Å²) in [6.45, 7) is 6.08. The number of amides is 3. The number of pyridine rings is 1. The fraction of sp³-hybridized carbons (Fsp3) is 0.464. The molecule has 9 nitrogen and oxygen atoms in total. The van der Waals surface area contributed by atoms with Crippen LogP contribution in [0.4, 0.5) is 4.79 Å². The molecule has 3 N–H and O–H groups in total. The van der Waals surface area contributed by atoms with Gasteiger partial charge in [-0.15, -0.1) is 0 Å². The first-order valence-electron chi connectivity index (χ1n) is 13.0. The quantitative estimate of drug-likeness (QED) is 0.459. The SMILES string of the molecule is COc1ccc2[nH]cc(CCNC(=O)[C@@H](NC(=O)N3C[C@H]4C[C@@H](C3)c3cccc(=O)n3C4)C(C)C)c2c1. The topological polar surface area (TPSA) is 108 Å². The number of carbonyl (C=O) groups is 2. The van der Waals surface area contributed by atoms with Crippen molar-refractivity contribution >= 4 is 22.8 Å². The van der Waals surface area contributed by atoms with E-state index in [9.17, 15) is 14.4 Å². The molecule has 1 fully saturated rings. The van der Waals surface area contributed by atoms with Crippen LogP contribution < -0.4 is 20.9 Å². The van der Waals surface area contributed by atoms with Crippen LogP contribution >= 0.6 is 0 Å². The average Bonchev–Trinajstić information content (AvgIpc) is 3.29. The molecule has 0 radical (unpaired) electrons. The normalized spacial score (nSPS) is 19.4. The van der Waals surface area contributed by atoms with E-state index in [0.29, 0.717) is 32.6 Å². The number of fused-ring (bicyclic) bond motifs is 5. The molecule has 1 aromatic carbocycles. The third-order valence-electron chi connectivity index (χ3n) is 7.66. The number of aromatic nitrogens is 2. The van der Waals surface area contributed by atoms with E-state index < -0.39 is 6.04 Å². The third kappa shape index (κ3) is 5.08. The fourth-order valence-corrected chi connectivity index (χ4v) is 5.74. The summed E-state index contributed by atoms with van der Waals surface area (Å²) in [6.07, 6.45) is 3.59. The van der Waals surface area contributed by atoms with Crippen LogP contribution in [0, 0.1) is 11.8 Å². The lowest BCUT2D eigenvalue weighted by atomic mass is 9.83. The highest BCUT2D eigenvalue weighted by Gasteiger charge is 2.37. The molecule has 2 aromatic heterocycles. The van der Waals surface area contributed by atoms with E-state index in [-0.39, 0.29) is 35.3 Å². The van der Waals surface area contributed by atoms with Gasteiger partial charge in [-0.25, -0.2) is 4.79 Å². The van der Waals surface area contributed by atoms with Crippen molar-refractivity contribution in [3.63, 3.8) is 0 Å². The first-order chi connectivity index (χ1) is 17.8. The van der Waals surface area contributed by atoms with E-state index in [4.69, 9.17) is 4.74 Å². The minimum Gasteiger partial charge on any atom is -0.497 e. The lowest BCUT2D eigenvalue weighted by Crippen LogP contribution is -2.57. The number of aromatic amines is 1. The van der Waals surface area contributed by atoms with Crippen LogP contribution in [0.15, 0.2) is 47.4 Å². The largest absolute Gasteiger partial charge is 0.497 e. The maximum atomic E-state index is 13.2. The van der Waals surface area contributed by atoms with Crippen molar-refractivity contribution in [2.75, 3.05) is 26.7 Å². The summed E-state index contributed by atoms with van der Waals surface area (Å²) in [5, 5.41) is 7.06. The number of H-pyrrole nitrogens is 1. The monoisotopic (exact) mass is 505 g/mol. The lowest BCUT2D eigenvalue weighted by Gasteiger charge is -2.43. The van der Waals surface area contributed by atoms with Gasteiger partial charge < -0.3 is 29.8 Å². The number of ether oxygens (including phenoxy) is 1. The van der Waals surface area contributed by atoms with Crippen LogP contribution in [0.1, 0.15) is 37.4 Å². The van der Waals surface area contributed by atoms with Crippen molar-refractivity contribution in [1.29, 1.82) is 0 Å². The Morgan fingerprint density at radius 2 is 2.00 bits per heavy atom. The van der Waals surface area contributed by atoms with Gasteiger partial charge in [-0.05, 0) is 54.5 Å². The van der Waals surface area contributed by atoms with Gasteiger partial charge in [0.05, 0.1) is 7.11 Å². The van der Waals surface area contributed by atoms with Crippen LogP contribution in [0.2, 0.25) is 0 Å². The number of benzene rings is 1. The average molecular weight is 506 g/mol. The Morgan fingerprint density at radius 3 is 2.78 bits per heavy atom. The second-order valence-electron chi connectivity index (χ2n) is 10.5. The summed E-state index contributed by atoms with van der Waals surface area (Å²) in [5.74, 6) is 0.906. The summed E-state index contributed by atoms with van der Waals surface area (Å²) >= 11 is 0. The molecule has 9 heteroatoms. The molecular formula is C28H35N5O4. The van der Waals surface area contributed by atoms with E-state index in [1.54, 1.807) is 19.2 Å². The predicted octanol–water partition coefficient (Wildman–Crippen LogP) is 2.85. The van der Waals surface area contributed by atoms with E-state index >= 15 is 0 Å². The van der Waals surface area contributed by atoms with Crippen LogP contribution in [0.5, 0.6) is 5.75 Å². The van der Waals surface area contributed by atoms with Gasteiger partial charge in [-0.3, -0.25) is 9.59 Å². The minimum absolute atomic E-state index is 0.0217. The van der Waals surface area contributed by atoms with Gasteiger partial charge in [0.1, 0.15) is 11.8 Å². The van der Waals surface area contributed by atoms with Crippen molar-refractivity contribution in [1.82, 2.24) is 25.1 Å².